The molecule has 0 aliphatic heterocycles. The van der Waals surface area contributed by atoms with Gasteiger partial charge in [-0.3, -0.25) is 4.79 Å². The Morgan fingerprint density at radius 2 is 2.00 bits per heavy atom. The lowest BCUT2D eigenvalue weighted by atomic mass is 10.0. The van der Waals surface area contributed by atoms with Crippen molar-refractivity contribution in [1.29, 1.82) is 0 Å². The summed E-state index contributed by atoms with van der Waals surface area (Å²) in [6.45, 7) is 5.01. The maximum atomic E-state index is 11.6. The number of rotatable bonds is 7. The molecule has 4 nitrogen and oxygen atoms in total. The smallest absolute Gasteiger partial charge is 0.237 e. The average Bonchev–Trinajstić information content (AvgIpc) is 2.34. The summed E-state index contributed by atoms with van der Waals surface area (Å²) in [4.78, 5) is 11.6. The summed E-state index contributed by atoms with van der Waals surface area (Å²) in [5.41, 5.74) is 5.76. The highest BCUT2D eigenvalue weighted by atomic mass is 16.5. The number of hydrogen-bond acceptors (Lipinski definition) is 3. The van der Waals surface area contributed by atoms with Crippen molar-refractivity contribution in [2.45, 2.75) is 26.3 Å². The lowest BCUT2D eigenvalue weighted by Gasteiger charge is -2.14. The van der Waals surface area contributed by atoms with Crippen molar-refractivity contribution in [2.24, 2.45) is 11.7 Å². The van der Waals surface area contributed by atoms with Crippen molar-refractivity contribution in [2.75, 3.05) is 13.2 Å². The van der Waals surface area contributed by atoms with E-state index in [-0.39, 0.29) is 5.91 Å². The molecule has 4 heteroatoms. The lowest BCUT2D eigenvalue weighted by molar-refractivity contribution is -0.122. The third kappa shape index (κ3) is 5.68. The summed E-state index contributed by atoms with van der Waals surface area (Å²) < 4.78 is 5.46. The quantitative estimate of drug-likeness (QED) is 0.722. The summed E-state index contributed by atoms with van der Waals surface area (Å²) in [7, 11) is 0. The fourth-order valence-electron chi connectivity index (χ4n) is 1.61. The minimum atomic E-state index is -0.429. The molecule has 0 aliphatic carbocycles. The minimum absolute atomic E-state index is 0.111. The summed E-state index contributed by atoms with van der Waals surface area (Å²) in [5.74, 6) is 1.12. The van der Waals surface area contributed by atoms with E-state index in [0.717, 1.165) is 5.75 Å². The maximum absolute atomic E-state index is 11.6. The van der Waals surface area contributed by atoms with Crippen molar-refractivity contribution in [3.63, 3.8) is 0 Å². The molecule has 3 N–H and O–H groups in total. The SMILES string of the molecule is CC(C)C[C@@H](N)C(=O)NCCOc1ccccc1. The molecule has 0 saturated heterocycles. The molecule has 0 spiro atoms. The standard InChI is InChI=1S/C14H22N2O2/c1-11(2)10-13(15)14(17)16-8-9-18-12-6-4-3-5-7-12/h3-7,11,13H,8-10,15H2,1-2H3,(H,16,17)/t13-/m1/s1. The molecule has 18 heavy (non-hydrogen) atoms. The molecule has 0 aromatic heterocycles. The van der Waals surface area contributed by atoms with Crippen LogP contribution in [-0.2, 0) is 4.79 Å². The van der Waals surface area contributed by atoms with Crippen LogP contribution in [0.3, 0.4) is 0 Å². The van der Waals surface area contributed by atoms with Gasteiger partial charge in [-0.25, -0.2) is 0 Å². The first-order chi connectivity index (χ1) is 8.59. The Morgan fingerprint density at radius 3 is 2.61 bits per heavy atom. The number of para-hydroxylation sites is 1. The number of ether oxygens (including phenoxy) is 1. The molecule has 0 bridgehead atoms. The number of carbonyl (C=O) groups excluding carboxylic acids is 1. The number of amides is 1. The molecule has 0 unspecified atom stereocenters. The zero-order valence-corrected chi connectivity index (χ0v) is 11.1. The van der Waals surface area contributed by atoms with E-state index in [9.17, 15) is 4.79 Å². The lowest BCUT2D eigenvalue weighted by Crippen LogP contribution is -2.42. The van der Waals surface area contributed by atoms with Gasteiger partial charge in [0.1, 0.15) is 12.4 Å². The van der Waals surface area contributed by atoms with Crippen LogP contribution >= 0.6 is 0 Å². The monoisotopic (exact) mass is 250 g/mol. The molecule has 1 atom stereocenters. The first-order valence-corrected chi connectivity index (χ1v) is 6.30. The Bertz CT molecular complexity index is 352. The molecular weight excluding hydrogens is 228 g/mol. The van der Waals surface area contributed by atoms with Gasteiger partial charge in [0.15, 0.2) is 0 Å². The molecule has 0 aliphatic rings. The predicted molar refractivity (Wildman–Crippen MR) is 72.4 cm³/mol. The van der Waals surface area contributed by atoms with Crippen molar-refractivity contribution >= 4 is 5.91 Å². The maximum Gasteiger partial charge on any atom is 0.237 e. The molecule has 1 aromatic carbocycles. The highest BCUT2D eigenvalue weighted by Gasteiger charge is 2.13. The second-order valence-corrected chi connectivity index (χ2v) is 4.69. The molecule has 0 fully saturated rings. The van der Waals surface area contributed by atoms with E-state index in [0.29, 0.717) is 25.5 Å². The summed E-state index contributed by atoms with van der Waals surface area (Å²) >= 11 is 0. The fraction of sp³-hybridized carbons (Fsp3) is 0.500. The first-order valence-electron chi connectivity index (χ1n) is 6.30. The zero-order chi connectivity index (χ0) is 13.4. The van der Waals surface area contributed by atoms with E-state index in [2.05, 4.69) is 5.32 Å². The number of nitrogens with two attached hydrogens (primary N) is 1. The van der Waals surface area contributed by atoms with Crippen LogP contribution in [0, 0.1) is 5.92 Å². The van der Waals surface area contributed by atoms with Gasteiger partial charge in [0, 0.05) is 0 Å². The number of carbonyl (C=O) groups is 1. The van der Waals surface area contributed by atoms with Crippen molar-refractivity contribution in [1.82, 2.24) is 5.32 Å². The molecule has 0 heterocycles. The predicted octanol–water partition coefficient (Wildman–Crippen LogP) is 1.55. The van der Waals surface area contributed by atoms with Crippen LogP contribution in [0.15, 0.2) is 30.3 Å². The van der Waals surface area contributed by atoms with E-state index in [1.165, 1.54) is 0 Å². The summed E-state index contributed by atoms with van der Waals surface area (Å²) in [5, 5.41) is 2.77. The average molecular weight is 250 g/mol. The normalized spacial score (nSPS) is 12.2. The Kier molecular flexibility index (Phi) is 6.22. The van der Waals surface area contributed by atoms with E-state index >= 15 is 0 Å². The van der Waals surface area contributed by atoms with E-state index in [4.69, 9.17) is 10.5 Å². The molecule has 1 amide bonds. The largest absolute Gasteiger partial charge is 0.492 e. The minimum Gasteiger partial charge on any atom is -0.492 e. The van der Waals surface area contributed by atoms with E-state index in [1.807, 2.05) is 44.2 Å². The molecule has 0 saturated carbocycles. The van der Waals surface area contributed by atoms with Gasteiger partial charge in [-0.2, -0.15) is 0 Å². The second kappa shape index (κ2) is 7.71. The first kappa shape index (κ1) is 14.5. The van der Waals surface area contributed by atoms with Gasteiger partial charge in [0.05, 0.1) is 12.6 Å². The van der Waals surface area contributed by atoms with Gasteiger partial charge in [-0.05, 0) is 24.5 Å². The molecular formula is C14H22N2O2. The highest BCUT2D eigenvalue weighted by molar-refractivity contribution is 5.81. The van der Waals surface area contributed by atoms with Crippen molar-refractivity contribution in [3.05, 3.63) is 30.3 Å². The summed E-state index contributed by atoms with van der Waals surface area (Å²) in [6.07, 6.45) is 0.700. The third-order valence-corrected chi connectivity index (χ3v) is 2.48. The second-order valence-electron chi connectivity index (χ2n) is 4.69. The van der Waals surface area contributed by atoms with Gasteiger partial charge < -0.3 is 15.8 Å². The molecule has 100 valence electrons. The summed E-state index contributed by atoms with van der Waals surface area (Å²) in [6, 6.07) is 9.08. The van der Waals surface area contributed by atoms with Gasteiger partial charge in [-0.1, -0.05) is 32.0 Å². The van der Waals surface area contributed by atoms with Gasteiger partial charge in [-0.15, -0.1) is 0 Å². The zero-order valence-electron chi connectivity index (χ0n) is 11.1. The Labute approximate surface area is 109 Å². The van der Waals surface area contributed by atoms with E-state index < -0.39 is 6.04 Å². The number of benzene rings is 1. The Balaban J connectivity index is 2.16. The van der Waals surface area contributed by atoms with Crippen LogP contribution in [0.25, 0.3) is 0 Å². The van der Waals surface area contributed by atoms with Crippen LogP contribution in [0.5, 0.6) is 5.75 Å². The number of hydrogen-bond donors (Lipinski definition) is 2. The van der Waals surface area contributed by atoms with Crippen molar-refractivity contribution < 1.29 is 9.53 Å². The van der Waals surface area contributed by atoms with Gasteiger partial charge >= 0.3 is 0 Å². The van der Waals surface area contributed by atoms with Crippen LogP contribution in [0.2, 0.25) is 0 Å². The molecule has 1 aromatic rings. The fourth-order valence-corrected chi connectivity index (χ4v) is 1.61. The Morgan fingerprint density at radius 1 is 1.33 bits per heavy atom. The highest BCUT2D eigenvalue weighted by Crippen LogP contribution is 2.07. The van der Waals surface area contributed by atoms with Crippen molar-refractivity contribution in [3.8, 4) is 5.75 Å². The third-order valence-electron chi connectivity index (χ3n) is 2.48. The number of nitrogens with one attached hydrogen (secondary N) is 1. The Hall–Kier alpha value is -1.55. The van der Waals surface area contributed by atoms with Crippen LogP contribution in [0.4, 0.5) is 0 Å². The van der Waals surface area contributed by atoms with E-state index in [1.54, 1.807) is 0 Å². The van der Waals surface area contributed by atoms with Crippen LogP contribution in [-0.4, -0.2) is 25.1 Å². The van der Waals surface area contributed by atoms with Crippen LogP contribution in [0.1, 0.15) is 20.3 Å². The topological polar surface area (TPSA) is 64.4 Å². The van der Waals surface area contributed by atoms with Crippen LogP contribution < -0.4 is 15.8 Å². The van der Waals surface area contributed by atoms with Gasteiger partial charge in [0.2, 0.25) is 5.91 Å². The van der Waals surface area contributed by atoms with Gasteiger partial charge in [0.25, 0.3) is 0 Å². The molecule has 1 rings (SSSR count). The molecule has 0 radical (unpaired) electrons.